The van der Waals surface area contributed by atoms with Gasteiger partial charge in [-0.05, 0) is 30.7 Å². The van der Waals surface area contributed by atoms with E-state index in [0.29, 0.717) is 12.2 Å². The Balaban J connectivity index is 1.46. The third kappa shape index (κ3) is 3.16. The Morgan fingerprint density at radius 2 is 1.92 bits per heavy atom. The van der Waals surface area contributed by atoms with Gasteiger partial charge in [0.15, 0.2) is 0 Å². The summed E-state index contributed by atoms with van der Waals surface area (Å²) in [5.41, 5.74) is 1.18. The molecule has 0 radical (unpaired) electrons. The average molecular weight is 356 g/mol. The van der Waals surface area contributed by atoms with E-state index in [0.717, 1.165) is 44.5 Å². The van der Waals surface area contributed by atoms with Crippen molar-refractivity contribution in [3.05, 3.63) is 46.7 Å². The van der Waals surface area contributed by atoms with E-state index in [2.05, 4.69) is 9.97 Å². The van der Waals surface area contributed by atoms with Crippen molar-refractivity contribution >= 4 is 23.2 Å². The normalized spacial score (nSPS) is 23.2. The highest BCUT2D eigenvalue weighted by Crippen LogP contribution is 2.39. The van der Waals surface area contributed by atoms with Gasteiger partial charge in [0.05, 0.1) is 11.8 Å². The Hall–Kier alpha value is -2.28. The minimum atomic E-state index is -0.0604. The van der Waals surface area contributed by atoms with Gasteiger partial charge in [0.25, 0.3) is 11.8 Å². The number of likely N-dealkylation sites (tertiary alicyclic amines) is 2. The van der Waals surface area contributed by atoms with E-state index >= 15 is 0 Å². The van der Waals surface area contributed by atoms with E-state index in [1.54, 1.807) is 23.7 Å². The molecule has 2 aliphatic rings. The van der Waals surface area contributed by atoms with Gasteiger partial charge in [0, 0.05) is 49.4 Å². The van der Waals surface area contributed by atoms with Gasteiger partial charge in [0.2, 0.25) is 0 Å². The molecule has 1 spiro atoms. The van der Waals surface area contributed by atoms with Crippen molar-refractivity contribution in [3.63, 3.8) is 0 Å². The van der Waals surface area contributed by atoms with E-state index < -0.39 is 0 Å². The quantitative estimate of drug-likeness (QED) is 0.828. The monoisotopic (exact) mass is 356 g/mol. The van der Waals surface area contributed by atoms with Gasteiger partial charge >= 0.3 is 0 Å². The first-order chi connectivity index (χ1) is 12.2. The number of aromatic nitrogens is 2. The second-order valence-electron chi connectivity index (χ2n) is 6.91. The van der Waals surface area contributed by atoms with Gasteiger partial charge in [-0.2, -0.15) is 11.3 Å². The highest BCUT2D eigenvalue weighted by Gasteiger charge is 2.44. The van der Waals surface area contributed by atoms with Crippen molar-refractivity contribution < 1.29 is 9.59 Å². The van der Waals surface area contributed by atoms with Gasteiger partial charge in [-0.15, -0.1) is 0 Å². The fraction of sp³-hybridized carbons (Fsp3) is 0.444. The SMILES string of the molecule is O=C(c1ccsc1)N1CCC2(CCCN(C(=O)c3cnccn3)C2)C1. The van der Waals surface area contributed by atoms with Crippen LogP contribution in [0, 0.1) is 5.41 Å². The van der Waals surface area contributed by atoms with Crippen LogP contribution in [0.5, 0.6) is 0 Å². The van der Waals surface area contributed by atoms with Crippen molar-refractivity contribution in [2.45, 2.75) is 19.3 Å². The number of hydrogen-bond acceptors (Lipinski definition) is 5. The molecule has 4 heterocycles. The maximum atomic E-state index is 12.7. The lowest BCUT2D eigenvalue weighted by Crippen LogP contribution is -2.47. The maximum Gasteiger partial charge on any atom is 0.274 e. The van der Waals surface area contributed by atoms with E-state index in [9.17, 15) is 9.59 Å². The fourth-order valence-electron chi connectivity index (χ4n) is 3.96. The van der Waals surface area contributed by atoms with E-state index in [1.165, 1.54) is 6.20 Å². The van der Waals surface area contributed by atoms with Crippen LogP contribution in [0.4, 0.5) is 0 Å². The lowest BCUT2D eigenvalue weighted by atomic mass is 9.79. The van der Waals surface area contributed by atoms with E-state index in [4.69, 9.17) is 0 Å². The number of piperidine rings is 1. The number of carbonyl (C=O) groups is 2. The van der Waals surface area contributed by atoms with Gasteiger partial charge in [-0.1, -0.05) is 0 Å². The predicted octanol–water partition coefficient (Wildman–Crippen LogP) is 2.31. The number of hydrogen-bond donors (Lipinski definition) is 0. The average Bonchev–Trinajstić information content (AvgIpc) is 3.32. The number of thiophene rings is 1. The molecule has 130 valence electrons. The number of rotatable bonds is 2. The largest absolute Gasteiger partial charge is 0.338 e. The fourth-order valence-corrected chi connectivity index (χ4v) is 4.59. The summed E-state index contributed by atoms with van der Waals surface area (Å²) in [5.74, 6) is 0.0466. The van der Waals surface area contributed by atoms with Gasteiger partial charge in [-0.3, -0.25) is 14.6 Å². The Morgan fingerprint density at radius 1 is 1.08 bits per heavy atom. The van der Waals surface area contributed by atoms with E-state index in [1.807, 2.05) is 26.6 Å². The molecule has 4 rings (SSSR count). The van der Waals surface area contributed by atoms with Crippen LogP contribution in [0.15, 0.2) is 35.4 Å². The summed E-state index contributed by atoms with van der Waals surface area (Å²) in [6.07, 6.45) is 7.61. The molecule has 2 saturated heterocycles. The maximum absolute atomic E-state index is 12.7. The molecule has 0 aliphatic carbocycles. The third-order valence-corrected chi connectivity index (χ3v) is 5.91. The van der Waals surface area contributed by atoms with Crippen LogP contribution in [0.2, 0.25) is 0 Å². The Bertz CT molecular complexity index is 765. The predicted molar refractivity (Wildman–Crippen MR) is 94.4 cm³/mol. The summed E-state index contributed by atoms with van der Waals surface area (Å²) in [4.78, 5) is 37.2. The second kappa shape index (κ2) is 6.55. The molecule has 1 atom stereocenters. The minimum Gasteiger partial charge on any atom is -0.338 e. The van der Waals surface area contributed by atoms with Gasteiger partial charge < -0.3 is 9.80 Å². The standard InChI is InChI=1S/C18H20N4O2S/c23-16(14-2-9-25-11-14)22-8-4-18(13-22)3-1-7-21(12-18)17(24)15-10-19-5-6-20-15/h2,5-6,9-11H,1,3-4,7-8,12-13H2. The zero-order chi connectivity index (χ0) is 17.3. The van der Waals surface area contributed by atoms with Crippen molar-refractivity contribution in [3.8, 4) is 0 Å². The highest BCUT2D eigenvalue weighted by molar-refractivity contribution is 7.08. The Morgan fingerprint density at radius 3 is 2.64 bits per heavy atom. The van der Waals surface area contributed by atoms with Crippen LogP contribution in [-0.2, 0) is 0 Å². The third-order valence-electron chi connectivity index (χ3n) is 5.22. The van der Waals surface area contributed by atoms with Gasteiger partial charge in [-0.25, -0.2) is 4.98 Å². The van der Waals surface area contributed by atoms with Crippen molar-refractivity contribution in [1.29, 1.82) is 0 Å². The summed E-state index contributed by atoms with van der Waals surface area (Å²) in [5, 5.41) is 3.83. The molecule has 0 bridgehead atoms. The smallest absolute Gasteiger partial charge is 0.274 e. The molecule has 2 aromatic rings. The molecule has 2 amide bonds. The molecule has 25 heavy (non-hydrogen) atoms. The van der Waals surface area contributed by atoms with E-state index in [-0.39, 0.29) is 17.2 Å². The van der Waals surface area contributed by atoms with Crippen molar-refractivity contribution in [2.75, 3.05) is 26.2 Å². The first-order valence-corrected chi connectivity index (χ1v) is 9.48. The summed E-state index contributed by atoms with van der Waals surface area (Å²) < 4.78 is 0. The molecular weight excluding hydrogens is 336 g/mol. The molecule has 2 aliphatic heterocycles. The summed E-state index contributed by atoms with van der Waals surface area (Å²) in [7, 11) is 0. The molecule has 0 aromatic carbocycles. The molecule has 6 nitrogen and oxygen atoms in total. The van der Waals surface area contributed by atoms with Crippen molar-refractivity contribution in [2.24, 2.45) is 5.41 Å². The van der Waals surface area contributed by atoms with Crippen LogP contribution >= 0.6 is 11.3 Å². The molecule has 2 aromatic heterocycles. The first-order valence-electron chi connectivity index (χ1n) is 8.54. The number of amides is 2. The summed E-state index contributed by atoms with van der Waals surface area (Å²) in [6.45, 7) is 2.93. The summed E-state index contributed by atoms with van der Waals surface area (Å²) >= 11 is 1.54. The Labute approximate surface area is 150 Å². The number of nitrogens with zero attached hydrogens (tertiary/aromatic N) is 4. The number of carbonyl (C=O) groups excluding carboxylic acids is 2. The van der Waals surface area contributed by atoms with Gasteiger partial charge in [0.1, 0.15) is 5.69 Å². The molecular formula is C18H20N4O2S. The molecule has 1 unspecified atom stereocenters. The van der Waals surface area contributed by atoms with Crippen molar-refractivity contribution in [1.82, 2.24) is 19.8 Å². The lowest BCUT2D eigenvalue weighted by Gasteiger charge is -2.40. The van der Waals surface area contributed by atoms with Crippen LogP contribution in [0.3, 0.4) is 0 Å². The second-order valence-corrected chi connectivity index (χ2v) is 7.69. The molecule has 2 fully saturated rings. The first kappa shape index (κ1) is 16.2. The zero-order valence-corrected chi connectivity index (χ0v) is 14.7. The van der Waals surface area contributed by atoms with Crippen LogP contribution in [-0.4, -0.2) is 57.8 Å². The zero-order valence-electron chi connectivity index (χ0n) is 13.9. The lowest BCUT2D eigenvalue weighted by molar-refractivity contribution is 0.0510. The summed E-state index contributed by atoms with van der Waals surface area (Å²) in [6, 6.07) is 1.88. The molecule has 0 saturated carbocycles. The molecule has 0 N–H and O–H groups in total. The van der Waals surface area contributed by atoms with Crippen LogP contribution in [0.25, 0.3) is 0 Å². The van der Waals surface area contributed by atoms with Crippen LogP contribution < -0.4 is 0 Å². The van der Waals surface area contributed by atoms with Crippen LogP contribution in [0.1, 0.15) is 40.1 Å². The molecule has 7 heteroatoms. The topological polar surface area (TPSA) is 66.4 Å². The minimum absolute atomic E-state index is 0.0157. The highest BCUT2D eigenvalue weighted by atomic mass is 32.1. The Kier molecular flexibility index (Phi) is 4.25.